The van der Waals surface area contributed by atoms with Crippen LogP contribution in [-0.4, -0.2) is 28.8 Å². The molecule has 162 valence electrons. The van der Waals surface area contributed by atoms with Crippen LogP contribution in [0.15, 0.2) is 66.7 Å². The van der Waals surface area contributed by atoms with Crippen molar-refractivity contribution < 1.29 is 14.3 Å². The zero-order chi connectivity index (χ0) is 22.8. The summed E-state index contributed by atoms with van der Waals surface area (Å²) in [5.74, 6) is -0.619. The summed E-state index contributed by atoms with van der Waals surface area (Å²) in [6, 6.07) is 19.0. The van der Waals surface area contributed by atoms with Crippen LogP contribution in [0.1, 0.15) is 38.7 Å². The van der Waals surface area contributed by atoms with Crippen LogP contribution in [0, 0.1) is 13.8 Å². The van der Waals surface area contributed by atoms with E-state index >= 15 is 0 Å². The molecule has 2 N–H and O–H groups in total. The van der Waals surface area contributed by atoms with Gasteiger partial charge in [0.25, 0.3) is 5.91 Å². The molecule has 3 aromatic carbocycles. The molecule has 1 saturated heterocycles. The molecule has 0 bridgehead atoms. The molecular formula is C25H22Cl2N3O2+. The maximum absolute atomic E-state index is 12.9. The summed E-state index contributed by atoms with van der Waals surface area (Å²) < 4.78 is 1.68. The van der Waals surface area contributed by atoms with Crippen molar-refractivity contribution in [2.45, 2.75) is 25.9 Å². The third kappa shape index (κ3) is 4.69. The number of nitrogens with zero attached hydrogens (tertiary/aromatic N) is 1. The lowest BCUT2D eigenvalue weighted by molar-refractivity contribution is -0.596. The number of benzene rings is 3. The number of hydrogen-bond acceptors (Lipinski definition) is 2. The fourth-order valence-corrected chi connectivity index (χ4v) is 4.09. The number of hydrazone groups is 1. The molecule has 2 amide bonds. The molecule has 0 spiro atoms. The first kappa shape index (κ1) is 22.1. The average Bonchev–Trinajstić information content (AvgIpc) is 3.06. The Morgan fingerprint density at radius 2 is 1.59 bits per heavy atom. The Morgan fingerprint density at radius 3 is 2.22 bits per heavy atom. The van der Waals surface area contributed by atoms with Gasteiger partial charge in [-0.3, -0.25) is 9.59 Å². The van der Waals surface area contributed by atoms with Crippen LogP contribution >= 0.6 is 23.2 Å². The van der Waals surface area contributed by atoms with E-state index in [0.717, 1.165) is 16.7 Å². The van der Waals surface area contributed by atoms with E-state index < -0.39 is 12.1 Å². The van der Waals surface area contributed by atoms with Crippen molar-refractivity contribution in [2.75, 3.05) is 0 Å². The standard InChI is InChI=1S/C25H21Cl2N3O2/c1-15-3-7-17(8-4-15)23-22(28-24(31)18-9-5-16(2)6-10-18)25(32)29-30(23)14-19-11-12-20(26)13-21(19)27/h3-14,22-23H,1-2H3,(H-,28,29,31,32)/p+1/b30-14-/t22-,23+/m1/s1. The highest BCUT2D eigenvalue weighted by atomic mass is 35.5. The van der Waals surface area contributed by atoms with Gasteiger partial charge in [-0.05, 0) is 44.2 Å². The van der Waals surface area contributed by atoms with Gasteiger partial charge in [0.05, 0.1) is 10.6 Å². The molecule has 3 aromatic rings. The second-order valence-corrected chi connectivity index (χ2v) is 8.69. The maximum Gasteiger partial charge on any atom is 0.304 e. The molecule has 5 nitrogen and oxygen atoms in total. The number of aryl methyl sites for hydroxylation is 2. The second kappa shape index (κ2) is 9.15. The fraction of sp³-hybridized carbons (Fsp3) is 0.160. The van der Waals surface area contributed by atoms with Crippen LogP contribution < -0.4 is 10.7 Å². The lowest BCUT2D eigenvalue weighted by Crippen LogP contribution is -2.42. The number of carbonyl (C=O) groups is 2. The SMILES string of the molecule is Cc1ccc(C(=O)N[C@H]2C(=O)N/[N+](=C\c3ccc(Cl)cc3Cl)[C@H]2c2ccc(C)cc2)cc1. The van der Waals surface area contributed by atoms with Crippen molar-refractivity contribution in [3.8, 4) is 0 Å². The molecule has 0 aromatic heterocycles. The van der Waals surface area contributed by atoms with Gasteiger partial charge in [-0.1, -0.05) is 70.7 Å². The van der Waals surface area contributed by atoms with E-state index in [-0.39, 0.29) is 11.8 Å². The molecule has 1 heterocycles. The smallest absolute Gasteiger partial charge is 0.304 e. The fourth-order valence-electron chi connectivity index (χ4n) is 3.63. The maximum atomic E-state index is 12.9. The molecule has 32 heavy (non-hydrogen) atoms. The number of rotatable bonds is 4. The van der Waals surface area contributed by atoms with E-state index in [1.54, 1.807) is 41.2 Å². The first-order valence-electron chi connectivity index (χ1n) is 10.1. The zero-order valence-electron chi connectivity index (χ0n) is 17.6. The first-order valence-corrected chi connectivity index (χ1v) is 10.9. The molecule has 7 heteroatoms. The Bertz CT molecular complexity index is 1200. The number of hydrazine groups is 1. The predicted molar refractivity (Wildman–Crippen MR) is 126 cm³/mol. The minimum Gasteiger partial charge on any atom is -0.334 e. The Balaban J connectivity index is 1.72. The van der Waals surface area contributed by atoms with Gasteiger partial charge in [-0.2, -0.15) is 0 Å². The van der Waals surface area contributed by atoms with Crippen LogP contribution in [0.2, 0.25) is 10.0 Å². The first-order chi connectivity index (χ1) is 15.3. The van der Waals surface area contributed by atoms with Gasteiger partial charge < -0.3 is 5.32 Å². The van der Waals surface area contributed by atoms with Crippen molar-refractivity contribution in [1.82, 2.24) is 10.7 Å². The van der Waals surface area contributed by atoms with Crippen LogP contribution in [0.3, 0.4) is 0 Å². The van der Waals surface area contributed by atoms with Gasteiger partial charge >= 0.3 is 5.91 Å². The van der Waals surface area contributed by atoms with Gasteiger partial charge in [0.1, 0.15) is 0 Å². The van der Waals surface area contributed by atoms with Crippen molar-refractivity contribution >= 4 is 41.2 Å². The summed E-state index contributed by atoms with van der Waals surface area (Å²) in [7, 11) is 0. The molecule has 1 aliphatic rings. The monoisotopic (exact) mass is 466 g/mol. The Labute approximate surface area is 196 Å². The molecule has 0 saturated carbocycles. The number of nitrogens with one attached hydrogen (secondary N) is 2. The molecule has 0 radical (unpaired) electrons. The van der Waals surface area contributed by atoms with E-state index in [1.165, 1.54) is 0 Å². The summed E-state index contributed by atoms with van der Waals surface area (Å²) in [5, 5.41) is 3.88. The van der Waals surface area contributed by atoms with E-state index in [0.29, 0.717) is 21.2 Å². The highest BCUT2D eigenvalue weighted by molar-refractivity contribution is 6.36. The van der Waals surface area contributed by atoms with E-state index in [4.69, 9.17) is 23.2 Å². The molecule has 0 aliphatic carbocycles. The molecule has 4 rings (SSSR count). The lowest BCUT2D eigenvalue weighted by atomic mass is 9.98. The summed E-state index contributed by atoms with van der Waals surface area (Å²) >= 11 is 12.4. The average molecular weight is 467 g/mol. The summed E-state index contributed by atoms with van der Waals surface area (Å²) in [6.07, 6.45) is 1.75. The highest BCUT2D eigenvalue weighted by Crippen LogP contribution is 2.27. The largest absolute Gasteiger partial charge is 0.334 e. The lowest BCUT2D eigenvalue weighted by Gasteiger charge is -2.15. The number of hydrogen-bond donors (Lipinski definition) is 2. The molecule has 1 aliphatic heterocycles. The number of amides is 2. The van der Waals surface area contributed by atoms with E-state index in [2.05, 4.69) is 10.7 Å². The zero-order valence-corrected chi connectivity index (χ0v) is 19.1. The normalized spacial score (nSPS) is 19.1. The van der Waals surface area contributed by atoms with E-state index in [9.17, 15) is 9.59 Å². The summed E-state index contributed by atoms with van der Waals surface area (Å²) in [6.45, 7) is 3.95. The van der Waals surface area contributed by atoms with Crippen LogP contribution in [0.25, 0.3) is 0 Å². The predicted octanol–water partition coefficient (Wildman–Crippen LogP) is 4.63. The molecular weight excluding hydrogens is 445 g/mol. The van der Waals surface area contributed by atoms with Crippen LogP contribution in [0.5, 0.6) is 0 Å². The molecule has 2 atom stereocenters. The summed E-state index contributed by atoms with van der Waals surface area (Å²) in [4.78, 5) is 25.8. The van der Waals surface area contributed by atoms with Crippen molar-refractivity contribution in [3.05, 3.63) is 105 Å². The van der Waals surface area contributed by atoms with Crippen LogP contribution in [-0.2, 0) is 4.79 Å². The van der Waals surface area contributed by atoms with Gasteiger partial charge in [-0.25, -0.2) is 0 Å². The summed E-state index contributed by atoms with van der Waals surface area (Å²) in [5.41, 5.74) is 7.08. The quantitative estimate of drug-likeness (QED) is 0.550. The third-order valence-corrected chi connectivity index (χ3v) is 5.96. The Hall–Kier alpha value is -3.15. The Morgan fingerprint density at radius 1 is 0.969 bits per heavy atom. The Kier molecular flexibility index (Phi) is 6.31. The third-order valence-electron chi connectivity index (χ3n) is 5.40. The van der Waals surface area contributed by atoms with Gasteiger partial charge in [-0.15, -0.1) is 10.1 Å². The second-order valence-electron chi connectivity index (χ2n) is 7.85. The molecule has 0 unspecified atom stereocenters. The van der Waals surface area contributed by atoms with Crippen molar-refractivity contribution in [3.63, 3.8) is 0 Å². The van der Waals surface area contributed by atoms with Crippen molar-refractivity contribution in [2.24, 2.45) is 0 Å². The van der Waals surface area contributed by atoms with Gasteiger partial charge in [0.2, 0.25) is 12.3 Å². The molecule has 1 fully saturated rings. The number of halogens is 2. The van der Waals surface area contributed by atoms with Crippen LogP contribution in [0.4, 0.5) is 0 Å². The van der Waals surface area contributed by atoms with Gasteiger partial charge in [0.15, 0.2) is 6.04 Å². The van der Waals surface area contributed by atoms with Crippen molar-refractivity contribution in [1.29, 1.82) is 0 Å². The highest BCUT2D eigenvalue weighted by Gasteiger charge is 2.47. The minimum absolute atomic E-state index is 0.308. The van der Waals surface area contributed by atoms with Gasteiger partial charge in [0, 0.05) is 16.1 Å². The topological polar surface area (TPSA) is 61.2 Å². The number of carbonyl (C=O) groups excluding carboxylic acids is 2. The minimum atomic E-state index is -0.797. The van der Waals surface area contributed by atoms with E-state index in [1.807, 2.05) is 50.2 Å².